The van der Waals surface area contributed by atoms with Crippen molar-refractivity contribution in [2.75, 3.05) is 0 Å². The largest absolute Gasteiger partial charge is 0.475 e. The van der Waals surface area contributed by atoms with Crippen LogP contribution in [0.5, 0.6) is 0 Å². The summed E-state index contributed by atoms with van der Waals surface area (Å²) in [5.74, 6) is -2.24. The SMILES string of the molecule is CCc1cc2ccccc2c(C(=O)C(=O)O)c1C. The van der Waals surface area contributed by atoms with Crippen LogP contribution in [0, 0.1) is 6.92 Å². The molecule has 0 spiro atoms. The molecule has 0 fully saturated rings. The maximum Gasteiger partial charge on any atom is 0.377 e. The summed E-state index contributed by atoms with van der Waals surface area (Å²) in [6.07, 6.45) is 0.774. The van der Waals surface area contributed by atoms with Crippen LogP contribution in [0.2, 0.25) is 0 Å². The number of fused-ring (bicyclic) bond motifs is 1. The summed E-state index contributed by atoms with van der Waals surface area (Å²) in [5, 5.41) is 10.5. The minimum absolute atomic E-state index is 0.317. The summed E-state index contributed by atoms with van der Waals surface area (Å²) >= 11 is 0. The van der Waals surface area contributed by atoms with Gasteiger partial charge in [-0.15, -0.1) is 0 Å². The highest BCUT2D eigenvalue weighted by Gasteiger charge is 2.21. The fraction of sp³-hybridized carbons (Fsp3) is 0.200. The van der Waals surface area contributed by atoms with Gasteiger partial charge in [-0.3, -0.25) is 4.79 Å². The summed E-state index contributed by atoms with van der Waals surface area (Å²) in [6.45, 7) is 3.80. The third-order valence-electron chi connectivity index (χ3n) is 3.22. The molecule has 0 aliphatic carbocycles. The Morgan fingerprint density at radius 1 is 1.22 bits per heavy atom. The van der Waals surface area contributed by atoms with Gasteiger partial charge in [-0.2, -0.15) is 0 Å². The van der Waals surface area contributed by atoms with Crippen molar-refractivity contribution in [1.29, 1.82) is 0 Å². The average molecular weight is 242 g/mol. The molecule has 0 aliphatic heterocycles. The molecule has 0 heterocycles. The summed E-state index contributed by atoms with van der Waals surface area (Å²) in [7, 11) is 0. The number of benzene rings is 2. The van der Waals surface area contributed by atoms with E-state index >= 15 is 0 Å². The van der Waals surface area contributed by atoms with Gasteiger partial charge in [-0.1, -0.05) is 37.3 Å². The van der Waals surface area contributed by atoms with Crippen molar-refractivity contribution < 1.29 is 14.7 Å². The van der Waals surface area contributed by atoms with Crippen molar-refractivity contribution in [3.63, 3.8) is 0 Å². The Hall–Kier alpha value is -2.16. The molecule has 0 saturated heterocycles. The van der Waals surface area contributed by atoms with E-state index in [9.17, 15) is 9.59 Å². The molecule has 3 nitrogen and oxygen atoms in total. The second-order valence-electron chi connectivity index (χ2n) is 4.24. The van der Waals surface area contributed by atoms with Crippen molar-refractivity contribution in [3.05, 3.63) is 47.0 Å². The van der Waals surface area contributed by atoms with Crippen molar-refractivity contribution >= 4 is 22.5 Å². The van der Waals surface area contributed by atoms with Crippen molar-refractivity contribution in [1.82, 2.24) is 0 Å². The quantitative estimate of drug-likeness (QED) is 0.665. The Labute approximate surface area is 105 Å². The molecule has 2 aromatic carbocycles. The summed E-state index contributed by atoms with van der Waals surface area (Å²) in [6, 6.07) is 9.39. The van der Waals surface area contributed by atoms with Gasteiger partial charge in [0.2, 0.25) is 0 Å². The van der Waals surface area contributed by atoms with Crippen LogP contribution in [0.15, 0.2) is 30.3 Å². The molecule has 18 heavy (non-hydrogen) atoms. The summed E-state index contributed by atoms with van der Waals surface area (Å²) in [4.78, 5) is 22.8. The molecule has 0 amide bonds. The van der Waals surface area contributed by atoms with E-state index in [1.54, 1.807) is 13.0 Å². The van der Waals surface area contributed by atoms with Crippen LogP contribution in [0.4, 0.5) is 0 Å². The zero-order valence-corrected chi connectivity index (χ0v) is 10.4. The standard InChI is InChI=1S/C15H14O3/c1-3-10-8-11-6-4-5-7-12(11)13(9(10)2)14(16)15(17)18/h4-8H,3H2,1-2H3,(H,17,18). The van der Waals surface area contributed by atoms with Crippen molar-refractivity contribution in [3.8, 4) is 0 Å². The molecule has 3 heteroatoms. The maximum atomic E-state index is 11.8. The first-order valence-corrected chi connectivity index (χ1v) is 5.85. The lowest BCUT2D eigenvalue weighted by Crippen LogP contribution is -2.15. The molecular weight excluding hydrogens is 228 g/mol. The Bertz CT molecular complexity index is 641. The number of rotatable bonds is 3. The van der Waals surface area contributed by atoms with Crippen LogP contribution in [-0.4, -0.2) is 16.9 Å². The first kappa shape index (κ1) is 12.3. The predicted octanol–water partition coefficient (Wildman–Crippen LogP) is 2.98. The topological polar surface area (TPSA) is 54.4 Å². The average Bonchev–Trinajstić information content (AvgIpc) is 2.37. The maximum absolute atomic E-state index is 11.8. The van der Waals surface area contributed by atoms with Crippen LogP contribution in [0.25, 0.3) is 10.8 Å². The molecule has 0 saturated carbocycles. The highest BCUT2D eigenvalue weighted by Crippen LogP contribution is 2.26. The van der Waals surface area contributed by atoms with E-state index in [2.05, 4.69) is 0 Å². The number of Topliss-reactive ketones (excluding diaryl/α,β-unsaturated/α-hetero) is 1. The monoisotopic (exact) mass is 242 g/mol. The number of carbonyl (C=O) groups excluding carboxylic acids is 1. The van der Waals surface area contributed by atoms with Gasteiger partial charge in [0.15, 0.2) is 0 Å². The second-order valence-corrected chi connectivity index (χ2v) is 4.24. The summed E-state index contributed by atoms with van der Waals surface area (Å²) < 4.78 is 0. The second kappa shape index (κ2) is 4.61. The van der Waals surface area contributed by atoms with Crippen LogP contribution in [0.1, 0.15) is 28.4 Å². The van der Waals surface area contributed by atoms with Crippen LogP contribution in [-0.2, 0) is 11.2 Å². The van der Waals surface area contributed by atoms with Gasteiger partial charge in [-0.05, 0) is 35.2 Å². The summed E-state index contributed by atoms with van der Waals surface area (Å²) in [5.41, 5.74) is 2.10. The van der Waals surface area contributed by atoms with Gasteiger partial charge in [0, 0.05) is 5.56 Å². The van der Waals surface area contributed by atoms with Gasteiger partial charge < -0.3 is 5.11 Å². The van der Waals surface area contributed by atoms with Crippen molar-refractivity contribution in [2.45, 2.75) is 20.3 Å². The lowest BCUT2D eigenvalue weighted by atomic mass is 9.91. The lowest BCUT2D eigenvalue weighted by Gasteiger charge is -2.12. The van der Waals surface area contributed by atoms with Gasteiger partial charge >= 0.3 is 5.97 Å². The van der Waals surface area contributed by atoms with Crippen LogP contribution < -0.4 is 0 Å². The normalized spacial score (nSPS) is 10.6. The molecule has 0 aliphatic rings. The first-order valence-electron chi connectivity index (χ1n) is 5.85. The fourth-order valence-electron chi connectivity index (χ4n) is 2.28. The molecule has 0 unspecified atom stereocenters. The Morgan fingerprint density at radius 3 is 2.50 bits per heavy atom. The Balaban J connectivity index is 2.87. The van der Waals surface area contributed by atoms with E-state index in [0.29, 0.717) is 10.9 Å². The molecule has 0 radical (unpaired) electrons. The van der Waals surface area contributed by atoms with E-state index in [0.717, 1.165) is 22.9 Å². The number of ketones is 1. The zero-order chi connectivity index (χ0) is 13.3. The third-order valence-corrected chi connectivity index (χ3v) is 3.22. The van der Waals surface area contributed by atoms with Gasteiger partial charge in [-0.25, -0.2) is 4.79 Å². The zero-order valence-electron chi connectivity index (χ0n) is 10.4. The molecule has 1 N–H and O–H groups in total. The minimum atomic E-state index is -1.41. The van der Waals surface area contributed by atoms with Gasteiger partial charge in [0.25, 0.3) is 5.78 Å². The number of carboxylic acids is 1. The smallest absolute Gasteiger partial charge is 0.377 e. The number of aliphatic carboxylic acids is 1. The lowest BCUT2D eigenvalue weighted by molar-refractivity contribution is -0.131. The highest BCUT2D eigenvalue weighted by atomic mass is 16.4. The molecule has 2 aromatic rings. The fourth-order valence-corrected chi connectivity index (χ4v) is 2.28. The van der Waals surface area contributed by atoms with E-state index in [1.807, 2.05) is 31.2 Å². The number of hydrogen-bond acceptors (Lipinski definition) is 2. The molecule has 2 rings (SSSR count). The molecule has 0 bridgehead atoms. The number of carbonyl (C=O) groups is 2. The highest BCUT2D eigenvalue weighted by molar-refractivity contribution is 6.42. The van der Waals surface area contributed by atoms with Crippen LogP contribution >= 0.6 is 0 Å². The van der Waals surface area contributed by atoms with Crippen molar-refractivity contribution in [2.24, 2.45) is 0 Å². The number of hydrogen-bond donors (Lipinski definition) is 1. The van der Waals surface area contributed by atoms with Crippen LogP contribution in [0.3, 0.4) is 0 Å². The molecule has 0 atom stereocenters. The van der Waals surface area contributed by atoms with E-state index < -0.39 is 11.8 Å². The molecular formula is C15H14O3. The minimum Gasteiger partial charge on any atom is -0.475 e. The number of carboxylic acid groups (broad SMARTS) is 1. The Morgan fingerprint density at radius 2 is 1.89 bits per heavy atom. The third kappa shape index (κ3) is 1.88. The molecule has 0 aromatic heterocycles. The Kier molecular flexibility index (Phi) is 3.15. The predicted molar refractivity (Wildman–Crippen MR) is 70.0 cm³/mol. The van der Waals surface area contributed by atoms with Gasteiger partial charge in [0.05, 0.1) is 0 Å². The van der Waals surface area contributed by atoms with E-state index in [1.165, 1.54) is 0 Å². The molecule has 92 valence electrons. The van der Waals surface area contributed by atoms with E-state index in [-0.39, 0.29) is 0 Å². The number of aryl methyl sites for hydroxylation is 1. The van der Waals surface area contributed by atoms with Gasteiger partial charge in [0.1, 0.15) is 0 Å². The first-order chi connectivity index (χ1) is 8.56. The van der Waals surface area contributed by atoms with E-state index in [4.69, 9.17) is 5.11 Å².